The largest absolute Gasteiger partial charge is 0.394 e. The summed E-state index contributed by atoms with van der Waals surface area (Å²) in [4.78, 5) is 13.2. The van der Waals surface area contributed by atoms with Crippen LogP contribution in [-0.4, -0.2) is 140 Å². The molecule has 0 aromatic rings. The summed E-state index contributed by atoms with van der Waals surface area (Å²) in [6, 6.07) is -0.939. The van der Waals surface area contributed by atoms with Gasteiger partial charge in [-0.25, -0.2) is 0 Å². The van der Waals surface area contributed by atoms with Crippen molar-refractivity contribution in [2.75, 3.05) is 19.8 Å². The van der Waals surface area contributed by atoms with Crippen LogP contribution in [0.2, 0.25) is 0 Å². The van der Waals surface area contributed by atoms with E-state index in [1.807, 2.05) is 6.08 Å². The molecule has 2 aliphatic heterocycles. The van der Waals surface area contributed by atoms with Gasteiger partial charge in [-0.3, -0.25) is 4.79 Å². The van der Waals surface area contributed by atoms with Gasteiger partial charge in [0.2, 0.25) is 5.91 Å². The molecular weight excluding hydrogens is 943 g/mol. The number of unbranched alkanes of at least 4 members (excludes halogenated alkanes) is 19. The molecule has 12 unspecified atom stereocenters. The predicted octanol–water partition coefficient (Wildman–Crippen LogP) is 9.33. The Hall–Kier alpha value is -2.83. The smallest absolute Gasteiger partial charge is 0.220 e. The van der Waals surface area contributed by atoms with Gasteiger partial charge in [0.05, 0.1) is 32.0 Å². The molecule has 14 nitrogen and oxygen atoms in total. The van der Waals surface area contributed by atoms with Crippen molar-refractivity contribution >= 4 is 5.91 Å². The number of allylic oxidation sites excluding steroid dienone is 13. The molecule has 14 heteroatoms. The van der Waals surface area contributed by atoms with Crippen molar-refractivity contribution in [1.82, 2.24) is 5.32 Å². The number of rotatable bonds is 44. The molecule has 12 atom stereocenters. The number of ether oxygens (including phenoxy) is 4. The minimum atomic E-state index is -1.79. The van der Waals surface area contributed by atoms with E-state index in [0.29, 0.717) is 12.8 Å². The van der Waals surface area contributed by atoms with Crippen molar-refractivity contribution in [3.05, 3.63) is 85.1 Å². The van der Waals surface area contributed by atoms with Crippen LogP contribution in [0.3, 0.4) is 0 Å². The van der Waals surface area contributed by atoms with E-state index in [1.165, 1.54) is 89.9 Å². The van der Waals surface area contributed by atoms with Crippen LogP contribution in [0, 0.1) is 0 Å². The molecular formula is C60H103NO13. The van der Waals surface area contributed by atoms with Crippen LogP contribution in [0.5, 0.6) is 0 Å². The Bertz CT molecular complexity index is 1560. The Morgan fingerprint density at radius 3 is 1.49 bits per heavy atom. The average molecular weight is 1050 g/mol. The highest BCUT2D eigenvalue weighted by Gasteiger charge is 2.51. The van der Waals surface area contributed by atoms with Crippen LogP contribution in [0.4, 0.5) is 0 Å². The zero-order valence-electron chi connectivity index (χ0n) is 45.6. The van der Waals surface area contributed by atoms with Gasteiger partial charge < -0.3 is 65.1 Å². The highest BCUT2D eigenvalue weighted by atomic mass is 16.7. The normalized spacial score (nSPS) is 25.9. The van der Waals surface area contributed by atoms with Gasteiger partial charge in [-0.15, -0.1) is 0 Å². The molecule has 74 heavy (non-hydrogen) atoms. The molecule has 0 aromatic carbocycles. The molecule has 9 N–H and O–H groups in total. The number of aliphatic hydroxyl groups excluding tert-OH is 8. The lowest BCUT2D eigenvalue weighted by molar-refractivity contribution is -0.359. The molecule has 0 aromatic heterocycles. The van der Waals surface area contributed by atoms with Crippen LogP contribution in [0.25, 0.3) is 0 Å². The third kappa shape index (κ3) is 30.8. The van der Waals surface area contributed by atoms with Gasteiger partial charge in [0.25, 0.3) is 0 Å². The van der Waals surface area contributed by atoms with Crippen molar-refractivity contribution in [2.45, 2.75) is 267 Å². The van der Waals surface area contributed by atoms with E-state index in [0.717, 1.165) is 70.6 Å². The van der Waals surface area contributed by atoms with E-state index in [2.05, 4.69) is 92.1 Å². The van der Waals surface area contributed by atoms with Gasteiger partial charge in [-0.2, -0.15) is 0 Å². The van der Waals surface area contributed by atoms with Gasteiger partial charge in [0.1, 0.15) is 48.8 Å². The fraction of sp³-hybridized carbons (Fsp3) is 0.750. The summed E-state index contributed by atoms with van der Waals surface area (Å²) in [5, 5.41) is 87.0. The van der Waals surface area contributed by atoms with E-state index in [1.54, 1.807) is 6.08 Å². The van der Waals surface area contributed by atoms with E-state index in [4.69, 9.17) is 18.9 Å². The number of hydrogen-bond donors (Lipinski definition) is 9. The van der Waals surface area contributed by atoms with Crippen LogP contribution in [-0.2, 0) is 23.7 Å². The van der Waals surface area contributed by atoms with Crippen LogP contribution >= 0.6 is 0 Å². The van der Waals surface area contributed by atoms with Gasteiger partial charge in [0, 0.05) is 6.42 Å². The number of hydrogen-bond acceptors (Lipinski definition) is 13. The Balaban J connectivity index is 1.78. The van der Waals surface area contributed by atoms with Crippen molar-refractivity contribution in [3.63, 3.8) is 0 Å². The van der Waals surface area contributed by atoms with E-state index in [9.17, 15) is 45.6 Å². The lowest BCUT2D eigenvalue weighted by Gasteiger charge is -2.46. The Kier molecular flexibility index (Phi) is 41.1. The van der Waals surface area contributed by atoms with Gasteiger partial charge in [-0.05, 0) is 77.0 Å². The summed E-state index contributed by atoms with van der Waals surface area (Å²) in [5.74, 6) is -0.260. The van der Waals surface area contributed by atoms with Crippen LogP contribution in [0.1, 0.15) is 194 Å². The summed E-state index contributed by atoms with van der Waals surface area (Å²) < 4.78 is 22.7. The lowest BCUT2D eigenvalue weighted by atomic mass is 9.97. The summed E-state index contributed by atoms with van der Waals surface area (Å²) in [5.41, 5.74) is 0. The molecule has 426 valence electrons. The topological polar surface area (TPSA) is 228 Å². The first-order valence-electron chi connectivity index (χ1n) is 28.8. The fourth-order valence-electron chi connectivity index (χ4n) is 8.92. The molecule has 1 amide bonds. The number of aliphatic hydroxyl groups is 8. The second-order valence-corrected chi connectivity index (χ2v) is 20.0. The first-order chi connectivity index (χ1) is 36.1. The summed E-state index contributed by atoms with van der Waals surface area (Å²) in [6.45, 7) is 2.64. The maximum atomic E-state index is 13.2. The Morgan fingerprint density at radius 1 is 0.500 bits per heavy atom. The monoisotopic (exact) mass is 1050 g/mol. The number of amides is 1. The molecule has 0 bridgehead atoms. The Labute approximate surface area is 446 Å². The van der Waals surface area contributed by atoms with Gasteiger partial charge >= 0.3 is 0 Å². The molecule has 2 aliphatic rings. The molecule has 0 radical (unpaired) electrons. The van der Waals surface area contributed by atoms with Gasteiger partial charge in [-0.1, -0.05) is 195 Å². The summed E-state index contributed by atoms with van der Waals surface area (Å²) in [7, 11) is 0. The van der Waals surface area contributed by atoms with Crippen molar-refractivity contribution in [2.24, 2.45) is 0 Å². The zero-order valence-corrected chi connectivity index (χ0v) is 45.6. The summed E-state index contributed by atoms with van der Waals surface area (Å²) in [6.07, 6.45) is 43.3. The molecule has 0 aliphatic carbocycles. The van der Waals surface area contributed by atoms with Crippen LogP contribution < -0.4 is 5.32 Å². The number of carbonyl (C=O) groups excluding carboxylic acids is 1. The molecule has 2 heterocycles. The molecule has 0 spiro atoms. The second kappa shape index (κ2) is 45.2. The highest BCUT2D eigenvalue weighted by molar-refractivity contribution is 5.76. The SMILES string of the molecule is CC/C=C\C/C=C\C/C=C\C/C=C\C/C=C\CCCCCCCCCCCC(=O)NC(COC1OC(CO)C(OC2OC(CO)C(O)C(O)C2O)C(O)C1O)C(O)/C=C/CC/C=C/CCCCCCCCCCC. The first kappa shape index (κ1) is 67.3. The average Bonchev–Trinajstić information content (AvgIpc) is 3.40. The molecule has 2 fully saturated rings. The number of nitrogens with one attached hydrogen (secondary N) is 1. The number of carbonyl (C=O) groups is 1. The predicted molar refractivity (Wildman–Crippen MR) is 295 cm³/mol. The van der Waals surface area contributed by atoms with Crippen molar-refractivity contribution < 1.29 is 64.6 Å². The van der Waals surface area contributed by atoms with E-state index < -0.39 is 86.8 Å². The third-order valence-electron chi connectivity index (χ3n) is 13.6. The highest BCUT2D eigenvalue weighted by Crippen LogP contribution is 2.30. The summed E-state index contributed by atoms with van der Waals surface area (Å²) >= 11 is 0. The minimum Gasteiger partial charge on any atom is -0.394 e. The quantitative estimate of drug-likeness (QED) is 0.0205. The van der Waals surface area contributed by atoms with E-state index >= 15 is 0 Å². The standard InChI is InChI=1S/C60H103NO13/c1-3-5-7-9-11-13-15-17-19-20-21-22-23-24-25-26-27-28-30-32-34-36-38-40-42-44-52(65)61-48(49(64)43-41-39-37-35-33-31-29-18-16-14-12-10-8-6-4-2)47-71-59-57(70)55(68)58(51(46-63)73-59)74-60-56(69)54(67)53(66)50(45-62)72-60/h5,7,11,13,17,19,21-22,24-25,33,35,41,43,48-51,53-60,62-64,66-70H,3-4,6,8-10,12,14-16,18,20,23,26-32,34,36-40,42,44-47H2,1-2H3,(H,61,65)/b7-5-,13-11-,19-17-,22-21-,25-24-,35-33+,43-41+. The molecule has 2 rings (SSSR count). The molecule has 0 saturated carbocycles. The van der Waals surface area contributed by atoms with Crippen LogP contribution in [0.15, 0.2) is 85.1 Å². The fourth-order valence-corrected chi connectivity index (χ4v) is 8.92. The third-order valence-corrected chi connectivity index (χ3v) is 13.6. The molecule has 2 saturated heterocycles. The van der Waals surface area contributed by atoms with Gasteiger partial charge in [0.15, 0.2) is 12.6 Å². The zero-order chi connectivity index (χ0) is 53.9. The second-order valence-electron chi connectivity index (χ2n) is 20.0. The first-order valence-corrected chi connectivity index (χ1v) is 28.8. The van der Waals surface area contributed by atoms with E-state index in [-0.39, 0.29) is 18.9 Å². The maximum absolute atomic E-state index is 13.2. The minimum absolute atomic E-state index is 0.260. The Morgan fingerprint density at radius 2 is 0.946 bits per heavy atom. The maximum Gasteiger partial charge on any atom is 0.220 e. The van der Waals surface area contributed by atoms with Crippen molar-refractivity contribution in [1.29, 1.82) is 0 Å². The van der Waals surface area contributed by atoms with Crippen molar-refractivity contribution in [3.8, 4) is 0 Å². The lowest BCUT2D eigenvalue weighted by Crippen LogP contribution is -2.65.